The Balaban J connectivity index is 1.73. The third-order valence-electron chi connectivity index (χ3n) is 4.15. The number of aromatic nitrogens is 4. The van der Waals surface area contributed by atoms with Gasteiger partial charge in [-0.1, -0.05) is 0 Å². The maximum Gasteiger partial charge on any atom is 0.0829 e. The standard InChI is InChI=1S/C14H21N5/c1-11-14(12(2)17(3)16-11)18-9-5-13(6-10-18)19-8-4-7-15-19/h4,7-8,13H,5-6,9-10H2,1-3H3. The molecule has 0 bridgehead atoms. The third-order valence-corrected chi connectivity index (χ3v) is 4.15. The molecule has 5 nitrogen and oxygen atoms in total. The van der Waals surface area contributed by atoms with Crippen LogP contribution >= 0.6 is 0 Å². The van der Waals surface area contributed by atoms with Gasteiger partial charge in [0.2, 0.25) is 0 Å². The molecule has 0 aliphatic carbocycles. The normalized spacial score (nSPS) is 17.1. The summed E-state index contributed by atoms with van der Waals surface area (Å²) in [6.45, 7) is 6.41. The molecule has 0 N–H and O–H groups in total. The molecular weight excluding hydrogens is 238 g/mol. The lowest BCUT2D eigenvalue weighted by Crippen LogP contribution is -2.35. The minimum atomic E-state index is 0.545. The Morgan fingerprint density at radius 1 is 1.21 bits per heavy atom. The van der Waals surface area contributed by atoms with Crippen molar-refractivity contribution < 1.29 is 0 Å². The van der Waals surface area contributed by atoms with Crippen LogP contribution in [0.3, 0.4) is 0 Å². The Bertz CT molecular complexity index is 547. The van der Waals surface area contributed by atoms with Crippen LogP contribution in [0.4, 0.5) is 5.69 Å². The molecule has 0 aromatic carbocycles. The van der Waals surface area contributed by atoms with Crippen LogP contribution in [0, 0.1) is 13.8 Å². The van der Waals surface area contributed by atoms with E-state index in [-0.39, 0.29) is 0 Å². The molecule has 2 aromatic rings. The predicted octanol–water partition coefficient (Wildman–Crippen LogP) is 2.07. The van der Waals surface area contributed by atoms with Gasteiger partial charge in [0, 0.05) is 32.5 Å². The number of nitrogens with zero attached hydrogens (tertiary/aromatic N) is 5. The van der Waals surface area contributed by atoms with Crippen LogP contribution in [0.15, 0.2) is 18.5 Å². The van der Waals surface area contributed by atoms with Crippen molar-refractivity contribution in [3.05, 3.63) is 29.8 Å². The van der Waals surface area contributed by atoms with Crippen LogP contribution in [0.5, 0.6) is 0 Å². The van der Waals surface area contributed by atoms with Crippen molar-refractivity contribution in [1.29, 1.82) is 0 Å². The van der Waals surface area contributed by atoms with Crippen molar-refractivity contribution in [3.63, 3.8) is 0 Å². The monoisotopic (exact) mass is 259 g/mol. The molecule has 1 aliphatic rings. The minimum absolute atomic E-state index is 0.545. The summed E-state index contributed by atoms with van der Waals surface area (Å²) in [6.07, 6.45) is 6.23. The number of anilines is 1. The summed E-state index contributed by atoms with van der Waals surface area (Å²) >= 11 is 0. The van der Waals surface area contributed by atoms with Crippen LogP contribution in [0.2, 0.25) is 0 Å². The number of rotatable bonds is 2. The van der Waals surface area contributed by atoms with Gasteiger partial charge in [-0.05, 0) is 32.8 Å². The average Bonchev–Trinajstić information content (AvgIpc) is 3.00. The Hall–Kier alpha value is -1.78. The smallest absolute Gasteiger partial charge is 0.0829 e. The first-order chi connectivity index (χ1) is 9.16. The highest BCUT2D eigenvalue weighted by atomic mass is 15.3. The van der Waals surface area contributed by atoms with Gasteiger partial charge in [0.25, 0.3) is 0 Å². The lowest BCUT2D eigenvalue weighted by atomic mass is 10.0. The van der Waals surface area contributed by atoms with Crippen molar-refractivity contribution in [3.8, 4) is 0 Å². The van der Waals surface area contributed by atoms with Gasteiger partial charge in [-0.25, -0.2) is 0 Å². The first-order valence-corrected chi connectivity index (χ1v) is 6.91. The second-order valence-corrected chi connectivity index (χ2v) is 5.35. The quantitative estimate of drug-likeness (QED) is 0.829. The first-order valence-electron chi connectivity index (χ1n) is 6.91. The van der Waals surface area contributed by atoms with Crippen LogP contribution in [-0.2, 0) is 7.05 Å². The van der Waals surface area contributed by atoms with Gasteiger partial charge in [0.05, 0.1) is 23.1 Å². The third kappa shape index (κ3) is 2.13. The van der Waals surface area contributed by atoms with E-state index in [0.29, 0.717) is 6.04 Å². The Kier molecular flexibility index (Phi) is 3.05. The van der Waals surface area contributed by atoms with Crippen LogP contribution in [-0.4, -0.2) is 32.7 Å². The van der Waals surface area contributed by atoms with Crippen molar-refractivity contribution in [2.75, 3.05) is 18.0 Å². The van der Waals surface area contributed by atoms with E-state index in [4.69, 9.17) is 0 Å². The van der Waals surface area contributed by atoms with Crippen molar-refractivity contribution in [1.82, 2.24) is 19.6 Å². The number of aryl methyl sites for hydroxylation is 2. The maximum absolute atomic E-state index is 4.51. The fraction of sp³-hybridized carbons (Fsp3) is 0.571. The van der Waals surface area contributed by atoms with Crippen LogP contribution in [0.25, 0.3) is 0 Å². The van der Waals surface area contributed by atoms with Gasteiger partial charge in [0.1, 0.15) is 0 Å². The molecule has 1 aliphatic heterocycles. The summed E-state index contributed by atoms with van der Waals surface area (Å²) < 4.78 is 4.07. The van der Waals surface area contributed by atoms with E-state index in [2.05, 4.69) is 39.8 Å². The molecule has 0 atom stereocenters. The fourth-order valence-corrected chi connectivity index (χ4v) is 3.07. The summed E-state index contributed by atoms with van der Waals surface area (Å²) in [5.41, 5.74) is 3.72. The number of hydrogen-bond donors (Lipinski definition) is 0. The van der Waals surface area contributed by atoms with E-state index in [1.165, 1.54) is 11.4 Å². The lowest BCUT2D eigenvalue weighted by molar-refractivity contribution is 0.366. The minimum Gasteiger partial charge on any atom is -0.368 e. The summed E-state index contributed by atoms with van der Waals surface area (Å²) in [4.78, 5) is 2.47. The SMILES string of the molecule is Cc1nn(C)c(C)c1N1CCC(n2cccn2)CC1. The zero-order chi connectivity index (χ0) is 13.4. The first kappa shape index (κ1) is 12.3. The summed E-state index contributed by atoms with van der Waals surface area (Å²) in [6, 6.07) is 2.55. The highest BCUT2D eigenvalue weighted by molar-refractivity contribution is 5.54. The van der Waals surface area contributed by atoms with Crippen molar-refractivity contribution in [2.45, 2.75) is 32.7 Å². The zero-order valence-corrected chi connectivity index (χ0v) is 11.9. The summed E-state index contributed by atoms with van der Waals surface area (Å²) in [5, 5.41) is 8.87. The topological polar surface area (TPSA) is 38.9 Å². The van der Waals surface area contributed by atoms with E-state index >= 15 is 0 Å². The summed E-state index contributed by atoms with van der Waals surface area (Å²) in [7, 11) is 2.02. The van der Waals surface area contributed by atoms with Gasteiger partial charge < -0.3 is 4.90 Å². The zero-order valence-electron chi connectivity index (χ0n) is 11.9. The molecule has 0 saturated carbocycles. The second-order valence-electron chi connectivity index (χ2n) is 5.35. The van der Waals surface area contributed by atoms with E-state index in [1.54, 1.807) is 0 Å². The average molecular weight is 259 g/mol. The second kappa shape index (κ2) is 4.72. The van der Waals surface area contributed by atoms with Gasteiger partial charge in [-0.15, -0.1) is 0 Å². The molecule has 1 fully saturated rings. The van der Waals surface area contributed by atoms with Gasteiger partial charge in [-0.2, -0.15) is 10.2 Å². The molecule has 0 radical (unpaired) electrons. The Labute approximate surface area is 113 Å². The predicted molar refractivity (Wildman–Crippen MR) is 75.4 cm³/mol. The highest BCUT2D eigenvalue weighted by Crippen LogP contribution is 2.30. The van der Waals surface area contributed by atoms with Crippen LogP contribution in [0.1, 0.15) is 30.3 Å². The number of piperidine rings is 1. The van der Waals surface area contributed by atoms with Crippen molar-refractivity contribution >= 4 is 5.69 Å². The maximum atomic E-state index is 4.51. The molecule has 0 amide bonds. The Morgan fingerprint density at radius 2 is 1.95 bits per heavy atom. The molecule has 102 valence electrons. The molecule has 0 unspecified atom stereocenters. The number of hydrogen-bond acceptors (Lipinski definition) is 3. The molecule has 5 heteroatoms. The van der Waals surface area contributed by atoms with E-state index in [1.807, 2.05) is 24.0 Å². The molecule has 1 saturated heterocycles. The fourth-order valence-electron chi connectivity index (χ4n) is 3.07. The van der Waals surface area contributed by atoms with Gasteiger partial charge >= 0.3 is 0 Å². The summed E-state index contributed by atoms with van der Waals surface area (Å²) in [5.74, 6) is 0. The largest absolute Gasteiger partial charge is 0.368 e. The molecule has 3 rings (SSSR count). The molecular formula is C14H21N5. The van der Waals surface area contributed by atoms with Gasteiger partial charge in [0.15, 0.2) is 0 Å². The van der Waals surface area contributed by atoms with Crippen LogP contribution < -0.4 is 4.90 Å². The molecule has 0 spiro atoms. The molecule has 2 aromatic heterocycles. The lowest BCUT2D eigenvalue weighted by Gasteiger charge is -2.33. The highest BCUT2D eigenvalue weighted by Gasteiger charge is 2.24. The van der Waals surface area contributed by atoms with E-state index in [0.717, 1.165) is 31.6 Å². The van der Waals surface area contributed by atoms with E-state index < -0.39 is 0 Å². The van der Waals surface area contributed by atoms with Crippen molar-refractivity contribution in [2.24, 2.45) is 7.05 Å². The van der Waals surface area contributed by atoms with E-state index in [9.17, 15) is 0 Å². The molecule has 3 heterocycles. The molecule has 19 heavy (non-hydrogen) atoms. The Morgan fingerprint density at radius 3 is 2.47 bits per heavy atom. The van der Waals surface area contributed by atoms with Gasteiger partial charge in [-0.3, -0.25) is 9.36 Å².